The fraction of sp³-hybridized carbons (Fsp3) is 0.400. The topological polar surface area (TPSA) is 34.1 Å². The molecule has 13 heavy (non-hydrogen) atoms. The van der Waals surface area contributed by atoms with Gasteiger partial charge >= 0.3 is 0 Å². The molecule has 0 unspecified atom stereocenters. The molecular weight excluding hydrogens is 184 g/mol. The van der Waals surface area contributed by atoms with E-state index in [1.54, 1.807) is 24.3 Å². The Balaban J connectivity index is 2.23. The molecule has 2 nitrogen and oxygen atoms in total. The number of sulfone groups is 1. The first kappa shape index (κ1) is 8.75. The molecule has 0 bridgehead atoms. The van der Waals surface area contributed by atoms with Crippen LogP contribution in [0.1, 0.15) is 12.8 Å². The molecule has 1 radical (unpaired) electrons. The van der Waals surface area contributed by atoms with Crippen LogP contribution in [0.15, 0.2) is 29.2 Å². The molecule has 1 aliphatic carbocycles. The minimum atomic E-state index is -3.05. The normalized spacial score (nSPS) is 17.2. The van der Waals surface area contributed by atoms with Crippen LogP contribution in [0.5, 0.6) is 0 Å². The molecule has 0 saturated heterocycles. The molecule has 3 heteroatoms. The predicted octanol–water partition coefficient (Wildman–Crippen LogP) is 1.67. The summed E-state index contributed by atoms with van der Waals surface area (Å²) in [5, 5.41) is 0. The largest absolute Gasteiger partial charge is 0.224 e. The molecule has 0 amide bonds. The van der Waals surface area contributed by atoms with Crippen molar-refractivity contribution in [3.8, 4) is 0 Å². The van der Waals surface area contributed by atoms with Crippen molar-refractivity contribution in [3.05, 3.63) is 30.3 Å². The van der Waals surface area contributed by atoms with E-state index < -0.39 is 9.84 Å². The molecule has 0 N–H and O–H groups in total. The third-order valence-electron chi connectivity index (χ3n) is 2.17. The molecule has 0 heterocycles. The maximum absolute atomic E-state index is 11.7. The average Bonchev–Trinajstić information content (AvgIpc) is 2.89. The van der Waals surface area contributed by atoms with Crippen LogP contribution in [-0.4, -0.2) is 14.2 Å². The second-order valence-electron chi connectivity index (χ2n) is 3.45. The van der Waals surface area contributed by atoms with E-state index in [1.807, 2.05) is 0 Å². The second kappa shape index (κ2) is 3.14. The van der Waals surface area contributed by atoms with Gasteiger partial charge in [-0.3, -0.25) is 0 Å². The lowest BCUT2D eigenvalue weighted by molar-refractivity contribution is 0.592. The van der Waals surface area contributed by atoms with Crippen LogP contribution in [0.25, 0.3) is 0 Å². The monoisotopic (exact) mass is 195 g/mol. The number of hydrogen-bond acceptors (Lipinski definition) is 2. The quantitative estimate of drug-likeness (QED) is 0.735. The summed E-state index contributed by atoms with van der Waals surface area (Å²) in [6.45, 7) is 0. The first-order valence-corrected chi connectivity index (χ1v) is 6.03. The highest BCUT2D eigenvalue weighted by atomic mass is 32.2. The number of benzene rings is 1. The standard InChI is InChI=1S/C10H11O2S/c11-13(12,8-9-6-7-9)10-4-2-1-3-5-10/h1-4,9H,6-8H2. The van der Waals surface area contributed by atoms with Gasteiger partial charge in [0.2, 0.25) is 0 Å². The fourth-order valence-electron chi connectivity index (χ4n) is 1.25. The van der Waals surface area contributed by atoms with Gasteiger partial charge in [0.05, 0.1) is 10.6 Å². The third kappa shape index (κ3) is 2.10. The highest BCUT2D eigenvalue weighted by Gasteiger charge is 2.28. The zero-order chi connectivity index (χ0) is 9.31. The van der Waals surface area contributed by atoms with E-state index in [0.717, 1.165) is 12.8 Å². The van der Waals surface area contributed by atoms with Gasteiger partial charge in [-0.05, 0) is 24.8 Å². The zero-order valence-electron chi connectivity index (χ0n) is 7.23. The summed E-state index contributed by atoms with van der Waals surface area (Å²) in [4.78, 5) is 0.335. The first-order valence-electron chi connectivity index (χ1n) is 4.38. The maximum atomic E-state index is 11.7. The van der Waals surface area contributed by atoms with Crippen LogP contribution in [0, 0.1) is 12.0 Å². The van der Waals surface area contributed by atoms with Crippen molar-refractivity contribution in [1.82, 2.24) is 0 Å². The van der Waals surface area contributed by atoms with Crippen molar-refractivity contribution in [2.75, 3.05) is 5.75 Å². The molecule has 2 rings (SSSR count). The third-order valence-corrected chi connectivity index (χ3v) is 4.00. The van der Waals surface area contributed by atoms with E-state index in [1.165, 1.54) is 0 Å². The molecule has 1 fully saturated rings. The molecule has 0 atom stereocenters. The summed E-state index contributed by atoms with van der Waals surface area (Å²) < 4.78 is 23.3. The highest BCUT2D eigenvalue weighted by Crippen LogP contribution is 2.31. The average molecular weight is 195 g/mol. The second-order valence-corrected chi connectivity index (χ2v) is 5.45. The SMILES string of the molecule is O=S(=O)(CC1CC1)c1[c]cccc1. The van der Waals surface area contributed by atoms with Gasteiger partial charge in [0.1, 0.15) is 0 Å². The van der Waals surface area contributed by atoms with E-state index in [4.69, 9.17) is 0 Å². The Labute approximate surface area is 78.5 Å². The number of rotatable bonds is 3. The lowest BCUT2D eigenvalue weighted by atomic mass is 10.4. The molecule has 69 valence electrons. The van der Waals surface area contributed by atoms with Crippen molar-refractivity contribution in [2.45, 2.75) is 17.7 Å². The van der Waals surface area contributed by atoms with Gasteiger partial charge in [-0.2, -0.15) is 0 Å². The van der Waals surface area contributed by atoms with Gasteiger partial charge in [0, 0.05) is 6.07 Å². The van der Waals surface area contributed by atoms with Crippen molar-refractivity contribution >= 4 is 9.84 Å². The molecule has 1 aromatic rings. The van der Waals surface area contributed by atoms with E-state index in [2.05, 4.69) is 6.07 Å². The number of hydrogen-bond donors (Lipinski definition) is 0. The summed E-state index contributed by atoms with van der Waals surface area (Å²) in [5.41, 5.74) is 0. The van der Waals surface area contributed by atoms with Gasteiger partial charge in [-0.1, -0.05) is 18.2 Å². The Kier molecular flexibility index (Phi) is 2.12. The van der Waals surface area contributed by atoms with E-state index in [9.17, 15) is 8.42 Å². The summed E-state index contributed by atoms with van der Waals surface area (Å²) in [6, 6.07) is 9.51. The van der Waals surface area contributed by atoms with Crippen LogP contribution >= 0.6 is 0 Å². The summed E-state index contributed by atoms with van der Waals surface area (Å²) in [7, 11) is -3.05. The van der Waals surface area contributed by atoms with E-state index in [0.29, 0.717) is 16.6 Å². The van der Waals surface area contributed by atoms with E-state index in [-0.39, 0.29) is 0 Å². The molecule has 1 aromatic carbocycles. The predicted molar refractivity (Wildman–Crippen MR) is 50.1 cm³/mol. The Morgan fingerprint density at radius 1 is 1.38 bits per heavy atom. The van der Waals surface area contributed by atoms with Crippen LogP contribution in [0.3, 0.4) is 0 Å². The van der Waals surface area contributed by atoms with Gasteiger partial charge in [-0.15, -0.1) is 0 Å². The van der Waals surface area contributed by atoms with Crippen LogP contribution in [0.4, 0.5) is 0 Å². The first-order chi connectivity index (χ1) is 6.18. The van der Waals surface area contributed by atoms with Crippen molar-refractivity contribution in [2.24, 2.45) is 5.92 Å². The molecule has 1 saturated carbocycles. The highest BCUT2D eigenvalue weighted by molar-refractivity contribution is 7.91. The smallest absolute Gasteiger partial charge is 0.179 e. The molecule has 0 aromatic heterocycles. The lowest BCUT2D eigenvalue weighted by Crippen LogP contribution is -2.08. The van der Waals surface area contributed by atoms with Crippen molar-refractivity contribution in [3.63, 3.8) is 0 Å². The van der Waals surface area contributed by atoms with Crippen molar-refractivity contribution < 1.29 is 8.42 Å². The maximum Gasteiger partial charge on any atom is 0.179 e. The van der Waals surface area contributed by atoms with Crippen LogP contribution in [0.2, 0.25) is 0 Å². The van der Waals surface area contributed by atoms with Crippen LogP contribution < -0.4 is 0 Å². The van der Waals surface area contributed by atoms with Gasteiger partial charge in [0.25, 0.3) is 0 Å². The van der Waals surface area contributed by atoms with Crippen LogP contribution in [-0.2, 0) is 9.84 Å². The minimum absolute atomic E-state index is 0.299. The Bertz CT molecular complexity index is 377. The van der Waals surface area contributed by atoms with Gasteiger partial charge in [0.15, 0.2) is 9.84 Å². The summed E-state index contributed by atoms with van der Waals surface area (Å²) in [5.74, 6) is 0.701. The lowest BCUT2D eigenvalue weighted by Gasteiger charge is -2.01. The fourth-order valence-corrected chi connectivity index (χ4v) is 2.92. The summed E-state index contributed by atoms with van der Waals surface area (Å²) in [6.07, 6.45) is 2.12. The molecule has 0 aliphatic heterocycles. The Morgan fingerprint density at radius 2 is 2.15 bits per heavy atom. The molecular formula is C10H11O2S. The summed E-state index contributed by atoms with van der Waals surface area (Å²) >= 11 is 0. The van der Waals surface area contributed by atoms with Crippen molar-refractivity contribution in [1.29, 1.82) is 0 Å². The molecule has 0 spiro atoms. The Hall–Kier alpha value is -0.830. The minimum Gasteiger partial charge on any atom is -0.224 e. The zero-order valence-corrected chi connectivity index (χ0v) is 8.05. The molecule has 1 aliphatic rings. The Morgan fingerprint density at radius 3 is 2.69 bits per heavy atom. The van der Waals surface area contributed by atoms with E-state index >= 15 is 0 Å². The van der Waals surface area contributed by atoms with Gasteiger partial charge < -0.3 is 0 Å². The van der Waals surface area contributed by atoms with Gasteiger partial charge in [-0.25, -0.2) is 8.42 Å².